The first-order valence-corrected chi connectivity index (χ1v) is 8.59. The van der Waals surface area contributed by atoms with Crippen LogP contribution >= 0.6 is 0 Å². The van der Waals surface area contributed by atoms with Crippen molar-refractivity contribution < 1.29 is 31.4 Å². The van der Waals surface area contributed by atoms with Gasteiger partial charge in [-0.1, -0.05) is 12.1 Å². The molecule has 0 aromatic heterocycles. The van der Waals surface area contributed by atoms with Crippen molar-refractivity contribution in [2.75, 3.05) is 14.2 Å². The highest BCUT2D eigenvalue weighted by Crippen LogP contribution is 2.28. The molecule has 0 saturated carbocycles. The zero-order valence-electron chi connectivity index (χ0n) is 13.5. The Kier molecular flexibility index (Phi) is 6.16. The first kappa shape index (κ1) is 18.9. The van der Waals surface area contributed by atoms with Crippen LogP contribution in [-0.2, 0) is 16.6 Å². The third kappa shape index (κ3) is 5.04. The first-order chi connectivity index (χ1) is 11.9. The second kappa shape index (κ2) is 8.13. The molecule has 0 aliphatic rings. The topological polar surface area (TPSA) is 73.9 Å². The summed E-state index contributed by atoms with van der Waals surface area (Å²) >= 11 is 0. The van der Waals surface area contributed by atoms with Crippen LogP contribution in [0.15, 0.2) is 47.4 Å². The number of hydrogen-bond donors (Lipinski definition) is 1. The van der Waals surface area contributed by atoms with Gasteiger partial charge in [-0.3, -0.25) is 0 Å². The lowest BCUT2D eigenvalue weighted by Gasteiger charge is -2.12. The SMILES string of the molecule is COc1ccc(OC)c(S(=O)(=O)NCc2cccc(OC(F)F)c2)c1. The number of benzene rings is 2. The number of nitrogens with one attached hydrogen (secondary N) is 1. The molecule has 0 unspecified atom stereocenters. The standard InChI is InChI=1S/C16H17F2NO5S/c1-22-12-6-7-14(23-2)15(9-12)25(20,21)19-10-11-4-3-5-13(8-11)24-16(17)18/h3-9,16,19H,10H2,1-2H3. The Morgan fingerprint density at radius 3 is 2.44 bits per heavy atom. The molecular weight excluding hydrogens is 356 g/mol. The molecule has 2 aromatic rings. The highest BCUT2D eigenvalue weighted by molar-refractivity contribution is 7.89. The van der Waals surface area contributed by atoms with Gasteiger partial charge in [-0.2, -0.15) is 8.78 Å². The summed E-state index contributed by atoms with van der Waals surface area (Å²) < 4.78 is 66.3. The van der Waals surface area contributed by atoms with E-state index in [0.29, 0.717) is 11.3 Å². The predicted octanol–water partition coefficient (Wildman–Crippen LogP) is 2.78. The maximum atomic E-state index is 12.5. The Labute approximate surface area is 144 Å². The number of halogens is 2. The molecule has 0 atom stereocenters. The Balaban J connectivity index is 2.20. The molecule has 0 bridgehead atoms. The van der Waals surface area contributed by atoms with Crippen LogP contribution in [-0.4, -0.2) is 29.2 Å². The van der Waals surface area contributed by atoms with Gasteiger partial charge >= 0.3 is 6.61 Å². The molecule has 6 nitrogen and oxygen atoms in total. The molecule has 0 fully saturated rings. The lowest BCUT2D eigenvalue weighted by atomic mass is 10.2. The van der Waals surface area contributed by atoms with Gasteiger partial charge in [0, 0.05) is 12.6 Å². The molecule has 0 saturated heterocycles. The van der Waals surface area contributed by atoms with Gasteiger partial charge < -0.3 is 14.2 Å². The number of hydrogen-bond acceptors (Lipinski definition) is 5. The fourth-order valence-electron chi connectivity index (χ4n) is 2.08. The summed E-state index contributed by atoms with van der Waals surface area (Å²) in [7, 11) is -1.14. The van der Waals surface area contributed by atoms with Gasteiger partial charge in [-0.25, -0.2) is 13.1 Å². The van der Waals surface area contributed by atoms with Gasteiger partial charge in [0.25, 0.3) is 0 Å². The molecule has 0 radical (unpaired) electrons. The lowest BCUT2D eigenvalue weighted by molar-refractivity contribution is -0.0498. The molecule has 0 heterocycles. The van der Waals surface area contributed by atoms with Crippen LogP contribution in [0.2, 0.25) is 0 Å². The Hall–Kier alpha value is -2.39. The maximum Gasteiger partial charge on any atom is 0.387 e. The fraction of sp³-hybridized carbons (Fsp3) is 0.250. The minimum absolute atomic E-state index is 0.0503. The second-order valence-corrected chi connectivity index (χ2v) is 6.60. The van der Waals surface area contributed by atoms with E-state index in [4.69, 9.17) is 9.47 Å². The smallest absolute Gasteiger partial charge is 0.387 e. The molecule has 25 heavy (non-hydrogen) atoms. The highest BCUT2D eigenvalue weighted by atomic mass is 32.2. The van der Waals surface area contributed by atoms with Crippen molar-refractivity contribution in [3.8, 4) is 17.2 Å². The summed E-state index contributed by atoms with van der Waals surface area (Å²) in [5, 5.41) is 0. The lowest BCUT2D eigenvalue weighted by Crippen LogP contribution is -2.23. The quantitative estimate of drug-likeness (QED) is 0.770. The van der Waals surface area contributed by atoms with Crippen LogP contribution in [0, 0.1) is 0 Å². The molecule has 9 heteroatoms. The summed E-state index contributed by atoms with van der Waals surface area (Å²) in [6, 6.07) is 10.1. The molecular formula is C16H17F2NO5S. The van der Waals surface area contributed by atoms with Gasteiger partial charge in [0.1, 0.15) is 22.1 Å². The maximum absolute atomic E-state index is 12.5. The number of alkyl halides is 2. The molecule has 1 N–H and O–H groups in total. The number of ether oxygens (including phenoxy) is 3. The summed E-state index contributed by atoms with van der Waals surface area (Å²) in [6.07, 6.45) is 0. The average Bonchev–Trinajstić information content (AvgIpc) is 2.59. The van der Waals surface area contributed by atoms with Crippen molar-refractivity contribution in [2.24, 2.45) is 0 Å². The minimum atomic E-state index is -3.91. The van der Waals surface area contributed by atoms with Gasteiger partial charge in [-0.15, -0.1) is 0 Å². The first-order valence-electron chi connectivity index (χ1n) is 7.11. The van der Waals surface area contributed by atoms with Gasteiger partial charge in [-0.05, 0) is 29.8 Å². The van der Waals surface area contributed by atoms with Crippen LogP contribution in [0.1, 0.15) is 5.56 Å². The van der Waals surface area contributed by atoms with Crippen molar-refractivity contribution in [1.82, 2.24) is 4.72 Å². The van der Waals surface area contributed by atoms with Crippen LogP contribution in [0.3, 0.4) is 0 Å². The van der Waals surface area contributed by atoms with E-state index in [1.165, 1.54) is 44.6 Å². The van der Waals surface area contributed by atoms with E-state index < -0.39 is 16.6 Å². The third-order valence-corrected chi connectivity index (χ3v) is 4.67. The van der Waals surface area contributed by atoms with E-state index in [1.54, 1.807) is 12.1 Å². The molecule has 2 rings (SSSR count). The average molecular weight is 373 g/mol. The van der Waals surface area contributed by atoms with E-state index in [2.05, 4.69) is 9.46 Å². The van der Waals surface area contributed by atoms with Crippen LogP contribution in [0.25, 0.3) is 0 Å². The van der Waals surface area contributed by atoms with Crippen LogP contribution in [0.5, 0.6) is 17.2 Å². The zero-order chi connectivity index (χ0) is 18.4. The van der Waals surface area contributed by atoms with Gasteiger partial charge in [0.2, 0.25) is 10.0 Å². The highest BCUT2D eigenvalue weighted by Gasteiger charge is 2.20. The molecule has 0 aliphatic heterocycles. The number of rotatable bonds is 8. The summed E-state index contributed by atoms with van der Waals surface area (Å²) in [6.45, 7) is -3.06. The molecule has 136 valence electrons. The molecule has 0 spiro atoms. The minimum Gasteiger partial charge on any atom is -0.497 e. The Morgan fingerprint density at radius 2 is 1.80 bits per heavy atom. The van der Waals surface area contributed by atoms with Crippen molar-refractivity contribution in [3.05, 3.63) is 48.0 Å². The molecule has 0 amide bonds. The van der Waals surface area contributed by atoms with Crippen molar-refractivity contribution in [2.45, 2.75) is 18.1 Å². The fourth-order valence-corrected chi connectivity index (χ4v) is 3.28. The third-order valence-electron chi connectivity index (χ3n) is 3.25. The predicted molar refractivity (Wildman–Crippen MR) is 86.6 cm³/mol. The zero-order valence-corrected chi connectivity index (χ0v) is 14.3. The summed E-state index contributed by atoms with van der Waals surface area (Å²) in [5.74, 6) is 0.460. The number of methoxy groups -OCH3 is 2. The Morgan fingerprint density at radius 1 is 1.04 bits per heavy atom. The normalized spacial score (nSPS) is 11.4. The monoisotopic (exact) mass is 373 g/mol. The summed E-state index contributed by atoms with van der Waals surface area (Å²) in [5.41, 5.74) is 0.462. The molecule has 2 aromatic carbocycles. The van der Waals surface area contributed by atoms with Crippen LogP contribution in [0.4, 0.5) is 8.78 Å². The summed E-state index contributed by atoms with van der Waals surface area (Å²) in [4.78, 5) is -0.0886. The van der Waals surface area contributed by atoms with Crippen molar-refractivity contribution in [1.29, 1.82) is 0 Å². The van der Waals surface area contributed by atoms with E-state index in [9.17, 15) is 17.2 Å². The van der Waals surface area contributed by atoms with E-state index in [-0.39, 0.29) is 22.9 Å². The molecule has 0 aliphatic carbocycles. The van der Waals surface area contributed by atoms with E-state index in [1.807, 2.05) is 0 Å². The van der Waals surface area contributed by atoms with E-state index in [0.717, 1.165) is 0 Å². The number of sulfonamides is 1. The Bertz CT molecular complexity index is 827. The van der Waals surface area contributed by atoms with Crippen molar-refractivity contribution in [3.63, 3.8) is 0 Å². The van der Waals surface area contributed by atoms with E-state index >= 15 is 0 Å². The van der Waals surface area contributed by atoms with Gasteiger partial charge in [0.15, 0.2) is 0 Å². The second-order valence-electron chi connectivity index (χ2n) is 4.87. The van der Waals surface area contributed by atoms with Crippen molar-refractivity contribution >= 4 is 10.0 Å². The van der Waals surface area contributed by atoms with Crippen LogP contribution < -0.4 is 18.9 Å². The van der Waals surface area contributed by atoms with Gasteiger partial charge in [0.05, 0.1) is 14.2 Å². The largest absolute Gasteiger partial charge is 0.497 e.